The molecule has 0 bridgehead atoms. The van der Waals surface area contributed by atoms with Crippen molar-refractivity contribution in [3.05, 3.63) is 29.3 Å². The molecule has 2 N–H and O–H groups in total. The Bertz CT molecular complexity index is 465. The summed E-state index contributed by atoms with van der Waals surface area (Å²) in [5, 5.41) is 0.510. The van der Waals surface area contributed by atoms with Crippen LogP contribution in [0.4, 0.5) is 0 Å². The average Bonchev–Trinajstić information content (AvgIpc) is 2.40. The molecule has 0 aliphatic rings. The van der Waals surface area contributed by atoms with Crippen LogP contribution in [0.15, 0.2) is 29.2 Å². The molecule has 0 spiro atoms. The molecule has 1 aromatic carbocycles. The smallest absolute Gasteiger partial charge is 0.235 e. The van der Waals surface area contributed by atoms with Crippen molar-refractivity contribution in [2.24, 2.45) is 11.1 Å². The third kappa shape index (κ3) is 5.00. The van der Waals surface area contributed by atoms with E-state index in [0.29, 0.717) is 18.1 Å². The molecule has 0 saturated carbocycles. The largest absolute Gasteiger partial charge is 0.344 e. The molecule has 3 nitrogen and oxygen atoms in total. The summed E-state index contributed by atoms with van der Waals surface area (Å²) < 4.78 is 0. The van der Waals surface area contributed by atoms with Gasteiger partial charge in [-0.15, -0.1) is 11.8 Å². The Labute approximate surface area is 130 Å². The van der Waals surface area contributed by atoms with Gasteiger partial charge >= 0.3 is 0 Å². The standard InChI is InChI=1S/C15H23ClN2OS/c1-11(20-13-8-6-5-7-12(13)16)14(19)18(4)10-15(2,3)9-17/h5-8,11H,9-10,17H2,1-4H3. The van der Waals surface area contributed by atoms with Gasteiger partial charge in [-0.3, -0.25) is 4.79 Å². The van der Waals surface area contributed by atoms with E-state index in [4.69, 9.17) is 17.3 Å². The minimum atomic E-state index is -0.173. The van der Waals surface area contributed by atoms with Gasteiger partial charge in [-0.1, -0.05) is 37.6 Å². The van der Waals surface area contributed by atoms with Gasteiger partial charge in [0.05, 0.1) is 10.3 Å². The van der Waals surface area contributed by atoms with E-state index in [9.17, 15) is 4.79 Å². The van der Waals surface area contributed by atoms with Gasteiger partial charge in [0, 0.05) is 18.5 Å². The number of benzene rings is 1. The summed E-state index contributed by atoms with van der Waals surface area (Å²) >= 11 is 7.61. The first kappa shape index (κ1) is 17.3. The maximum absolute atomic E-state index is 12.4. The summed E-state index contributed by atoms with van der Waals surface area (Å²) in [7, 11) is 1.82. The van der Waals surface area contributed by atoms with Crippen LogP contribution in [-0.4, -0.2) is 36.2 Å². The second-order valence-electron chi connectivity index (χ2n) is 5.75. The van der Waals surface area contributed by atoms with Crippen LogP contribution in [-0.2, 0) is 4.79 Å². The van der Waals surface area contributed by atoms with Crippen molar-refractivity contribution in [3.63, 3.8) is 0 Å². The van der Waals surface area contributed by atoms with Crippen molar-refractivity contribution >= 4 is 29.3 Å². The number of hydrogen-bond donors (Lipinski definition) is 1. The number of carbonyl (C=O) groups excluding carboxylic acids is 1. The van der Waals surface area contributed by atoms with Gasteiger partial charge in [0.2, 0.25) is 5.91 Å². The second-order valence-corrected chi connectivity index (χ2v) is 7.54. The normalized spacial score (nSPS) is 13.1. The first-order valence-corrected chi connectivity index (χ1v) is 7.89. The van der Waals surface area contributed by atoms with E-state index in [1.165, 1.54) is 11.8 Å². The molecule has 5 heteroatoms. The Morgan fingerprint density at radius 3 is 2.60 bits per heavy atom. The number of carbonyl (C=O) groups is 1. The van der Waals surface area contributed by atoms with Crippen molar-refractivity contribution in [2.75, 3.05) is 20.1 Å². The van der Waals surface area contributed by atoms with Gasteiger partial charge in [0.15, 0.2) is 0 Å². The Kier molecular flexibility index (Phi) is 6.37. The molecule has 112 valence electrons. The highest BCUT2D eigenvalue weighted by Gasteiger charge is 2.25. The molecule has 0 fully saturated rings. The van der Waals surface area contributed by atoms with Crippen LogP contribution < -0.4 is 5.73 Å². The second kappa shape index (κ2) is 7.34. The Hall–Kier alpha value is -0.710. The van der Waals surface area contributed by atoms with Crippen molar-refractivity contribution in [2.45, 2.75) is 30.9 Å². The molecule has 1 amide bonds. The van der Waals surface area contributed by atoms with E-state index in [-0.39, 0.29) is 16.6 Å². The summed E-state index contributed by atoms with van der Waals surface area (Å²) in [5.74, 6) is 0.0939. The zero-order valence-electron chi connectivity index (χ0n) is 12.5. The molecule has 0 saturated heterocycles. The summed E-state index contributed by atoms with van der Waals surface area (Å²) in [4.78, 5) is 15.1. The van der Waals surface area contributed by atoms with Gasteiger partial charge < -0.3 is 10.6 Å². The van der Waals surface area contributed by atoms with Gasteiger partial charge in [-0.25, -0.2) is 0 Å². The van der Waals surface area contributed by atoms with Crippen LogP contribution >= 0.6 is 23.4 Å². The van der Waals surface area contributed by atoms with E-state index < -0.39 is 0 Å². The number of thioether (sulfide) groups is 1. The molecule has 1 unspecified atom stereocenters. The highest BCUT2D eigenvalue weighted by Crippen LogP contribution is 2.30. The van der Waals surface area contributed by atoms with Crippen LogP contribution in [0.5, 0.6) is 0 Å². The van der Waals surface area contributed by atoms with Gasteiger partial charge in [0.25, 0.3) is 0 Å². The van der Waals surface area contributed by atoms with E-state index in [2.05, 4.69) is 13.8 Å². The molecular formula is C15H23ClN2OS. The maximum atomic E-state index is 12.4. The van der Waals surface area contributed by atoms with E-state index in [0.717, 1.165) is 4.90 Å². The topological polar surface area (TPSA) is 46.3 Å². The molecule has 20 heavy (non-hydrogen) atoms. The molecule has 0 radical (unpaired) electrons. The number of halogens is 1. The van der Waals surface area contributed by atoms with Crippen molar-refractivity contribution in [3.8, 4) is 0 Å². The van der Waals surface area contributed by atoms with Crippen LogP contribution in [0.1, 0.15) is 20.8 Å². The first-order valence-electron chi connectivity index (χ1n) is 6.63. The van der Waals surface area contributed by atoms with E-state index >= 15 is 0 Å². The Morgan fingerprint density at radius 2 is 2.05 bits per heavy atom. The SMILES string of the molecule is CC(Sc1ccccc1Cl)C(=O)N(C)CC(C)(C)CN. The minimum Gasteiger partial charge on any atom is -0.344 e. The average molecular weight is 315 g/mol. The lowest BCUT2D eigenvalue weighted by Crippen LogP contribution is -2.42. The summed E-state index contributed by atoms with van der Waals surface area (Å²) in [5.41, 5.74) is 5.64. The lowest BCUT2D eigenvalue weighted by atomic mass is 9.93. The predicted molar refractivity (Wildman–Crippen MR) is 87.2 cm³/mol. The van der Waals surface area contributed by atoms with Crippen molar-refractivity contribution in [1.29, 1.82) is 0 Å². The molecule has 0 aromatic heterocycles. The van der Waals surface area contributed by atoms with Crippen LogP contribution in [0.2, 0.25) is 5.02 Å². The predicted octanol–water partition coefficient (Wildman–Crippen LogP) is 3.26. The van der Waals surface area contributed by atoms with Gasteiger partial charge in [-0.2, -0.15) is 0 Å². The molecule has 1 atom stereocenters. The number of nitrogens with two attached hydrogens (primary N) is 1. The molecule has 0 aliphatic carbocycles. The first-order chi connectivity index (χ1) is 9.26. The number of nitrogens with zero attached hydrogens (tertiary/aromatic N) is 1. The third-order valence-electron chi connectivity index (χ3n) is 3.08. The summed E-state index contributed by atoms with van der Waals surface area (Å²) in [6.45, 7) is 7.22. The van der Waals surface area contributed by atoms with Crippen molar-refractivity contribution in [1.82, 2.24) is 4.90 Å². The lowest BCUT2D eigenvalue weighted by Gasteiger charge is -2.30. The molecule has 0 heterocycles. The molecule has 1 aromatic rings. The molecule has 0 aliphatic heterocycles. The monoisotopic (exact) mass is 314 g/mol. The van der Waals surface area contributed by atoms with E-state index in [1.54, 1.807) is 4.90 Å². The maximum Gasteiger partial charge on any atom is 0.235 e. The summed E-state index contributed by atoms with van der Waals surface area (Å²) in [6.07, 6.45) is 0. The minimum absolute atomic E-state index is 0.0702. The lowest BCUT2D eigenvalue weighted by molar-refractivity contribution is -0.130. The number of rotatable bonds is 6. The number of amides is 1. The third-order valence-corrected chi connectivity index (χ3v) is 4.69. The highest BCUT2D eigenvalue weighted by atomic mass is 35.5. The zero-order chi connectivity index (χ0) is 15.3. The fourth-order valence-corrected chi connectivity index (χ4v) is 3.14. The van der Waals surface area contributed by atoms with Crippen LogP contribution in [0.3, 0.4) is 0 Å². The van der Waals surface area contributed by atoms with Gasteiger partial charge in [-0.05, 0) is 31.0 Å². The zero-order valence-corrected chi connectivity index (χ0v) is 14.1. The fourth-order valence-electron chi connectivity index (χ4n) is 1.88. The summed E-state index contributed by atoms with van der Waals surface area (Å²) in [6, 6.07) is 7.57. The van der Waals surface area contributed by atoms with E-state index in [1.807, 2.05) is 38.2 Å². The quantitative estimate of drug-likeness (QED) is 0.820. The Morgan fingerprint density at radius 1 is 1.45 bits per heavy atom. The van der Waals surface area contributed by atoms with Crippen molar-refractivity contribution < 1.29 is 4.79 Å². The molecular weight excluding hydrogens is 292 g/mol. The van der Waals surface area contributed by atoms with Gasteiger partial charge in [0.1, 0.15) is 0 Å². The fraction of sp³-hybridized carbons (Fsp3) is 0.533. The Balaban J connectivity index is 2.65. The molecule has 1 rings (SSSR count). The highest BCUT2D eigenvalue weighted by molar-refractivity contribution is 8.00. The van der Waals surface area contributed by atoms with Crippen LogP contribution in [0.25, 0.3) is 0 Å². The number of hydrogen-bond acceptors (Lipinski definition) is 3. The van der Waals surface area contributed by atoms with Crippen LogP contribution in [0, 0.1) is 5.41 Å².